The summed E-state index contributed by atoms with van der Waals surface area (Å²) in [6, 6.07) is 6.67. The molecule has 2 unspecified atom stereocenters. The van der Waals surface area contributed by atoms with Gasteiger partial charge in [0.05, 0.1) is 6.61 Å². The zero-order valence-electron chi connectivity index (χ0n) is 12.0. The number of nitrogens with one attached hydrogen (secondary N) is 1. The molecule has 2 atom stereocenters. The number of piperazine rings is 1. The van der Waals surface area contributed by atoms with E-state index in [1.807, 2.05) is 19.1 Å². The Morgan fingerprint density at radius 3 is 2.63 bits per heavy atom. The number of hydrogen-bond acceptors (Lipinski definition) is 4. The lowest BCUT2D eigenvalue weighted by atomic mass is 10.1. The minimum absolute atomic E-state index is 0.215. The molecule has 1 heterocycles. The SMILES string of the molecule is CCOc1cc(CN2CC(C)NC(C)C2)ccc1O. The van der Waals surface area contributed by atoms with Gasteiger partial charge in [0.25, 0.3) is 0 Å². The van der Waals surface area contributed by atoms with E-state index in [1.54, 1.807) is 6.07 Å². The first-order valence-corrected chi connectivity index (χ1v) is 7.01. The molecule has 19 heavy (non-hydrogen) atoms. The Morgan fingerprint density at radius 1 is 1.32 bits per heavy atom. The van der Waals surface area contributed by atoms with Crippen LogP contribution in [-0.2, 0) is 6.54 Å². The van der Waals surface area contributed by atoms with Gasteiger partial charge in [-0.3, -0.25) is 4.90 Å². The smallest absolute Gasteiger partial charge is 0.161 e. The Kier molecular flexibility index (Phi) is 4.66. The van der Waals surface area contributed by atoms with Gasteiger partial charge in [0.15, 0.2) is 11.5 Å². The maximum atomic E-state index is 9.71. The van der Waals surface area contributed by atoms with Gasteiger partial charge in [0.2, 0.25) is 0 Å². The number of rotatable bonds is 4. The molecule has 0 aromatic heterocycles. The van der Waals surface area contributed by atoms with Gasteiger partial charge in [-0.2, -0.15) is 0 Å². The highest BCUT2D eigenvalue weighted by Gasteiger charge is 2.20. The number of aromatic hydroxyl groups is 1. The van der Waals surface area contributed by atoms with Crippen molar-refractivity contribution in [1.29, 1.82) is 0 Å². The van der Waals surface area contributed by atoms with E-state index < -0.39 is 0 Å². The average Bonchev–Trinajstić information content (AvgIpc) is 2.32. The summed E-state index contributed by atoms with van der Waals surface area (Å²) in [6.45, 7) is 9.92. The molecule has 2 rings (SSSR count). The lowest BCUT2D eigenvalue weighted by Gasteiger charge is -2.36. The Morgan fingerprint density at radius 2 is 2.00 bits per heavy atom. The first-order chi connectivity index (χ1) is 9.08. The predicted molar refractivity (Wildman–Crippen MR) is 76.6 cm³/mol. The molecule has 106 valence electrons. The minimum atomic E-state index is 0.215. The first kappa shape index (κ1) is 14.2. The highest BCUT2D eigenvalue weighted by Crippen LogP contribution is 2.27. The summed E-state index contributed by atoms with van der Waals surface area (Å²) in [7, 11) is 0. The molecular weight excluding hydrogens is 240 g/mol. The Balaban J connectivity index is 2.04. The summed E-state index contributed by atoms with van der Waals surface area (Å²) in [5.41, 5.74) is 1.18. The van der Waals surface area contributed by atoms with Crippen LogP contribution in [0, 0.1) is 0 Å². The highest BCUT2D eigenvalue weighted by molar-refractivity contribution is 5.41. The van der Waals surface area contributed by atoms with E-state index in [1.165, 1.54) is 5.56 Å². The third-order valence-electron chi connectivity index (χ3n) is 3.36. The molecule has 4 heteroatoms. The highest BCUT2D eigenvalue weighted by atomic mass is 16.5. The second kappa shape index (κ2) is 6.26. The van der Waals surface area contributed by atoms with E-state index >= 15 is 0 Å². The van der Waals surface area contributed by atoms with E-state index in [2.05, 4.69) is 24.1 Å². The molecular formula is C15H24N2O2. The molecule has 0 saturated carbocycles. The molecule has 1 saturated heterocycles. The largest absolute Gasteiger partial charge is 0.504 e. The van der Waals surface area contributed by atoms with Crippen LogP contribution in [0.25, 0.3) is 0 Å². The lowest BCUT2D eigenvalue weighted by molar-refractivity contribution is 0.166. The van der Waals surface area contributed by atoms with Crippen LogP contribution in [0.4, 0.5) is 0 Å². The topological polar surface area (TPSA) is 44.7 Å². The van der Waals surface area contributed by atoms with Crippen molar-refractivity contribution in [3.8, 4) is 11.5 Å². The number of nitrogens with zero attached hydrogens (tertiary/aromatic N) is 1. The second-order valence-corrected chi connectivity index (χ2v) is 5.40. The number of ether oxygens (including phenoxy) is 1. The quantitative estimate of drug-likeness (QED) is 0.873. The third-order valence-corrected chi connectivity index (χ3v) is 3.36. The van der Waals surface area contributed by atoms with Crippen LogP contribution < -0.4 is 10.1 Å². The van der Waals surface area contributed by atoms with Gasteiger partial charge in [0.1, 0.15) is 0 Å². The fraction of sp³-hybridized carbons (Fsp3) is 0.600. The van der Waals surface area contributed by atoms with Crippen LogP contribution in [-0.4, -0.2) is 41.8 Å². The van der Waals surface area contributed by atoms with Crippen molar-refractivity contribution in [2.75, 3.05) is 19.7 Å². The van der Waals surface area contributed by atoms with Crippen LogP contribution in [0.3, 0.4) is 0 Å². The minimum Gasteiger partial charge on any atom is -0.504 e. The summed E-state index contributed by atoms with van der Waals surface area (Å²) in [4.78, 5) is 2.44. The van der Waals surface area contributed by atoms with Crippen LogP contribution in [0.2, 0.25) is 0 Å². The van der Waals surface area contributed by atoms with Crippen LogP contribution in [0.15, 0.2) is 18.2 Å². The van der Waals surface area contributed by atoms with Gasteiger partial charge in [-0.05, 0) is 38.5 Å². The molecule has 0 spiro atoms. The average molecular weight is 264 g/mol. The zero-order valence-corrected chi connectivity index (χ0v) is 12.0. The number of hydrogen-bond donors (Lipinski definition) is 2. The van der Waals surface area contributed by atoms with Gasteiger partial charge in [0, 0.05) is 31.7 Å². The van der Waals surface area contributed by atoms with Crippen molar-refractivity contribution in [2.45, 2.75) is 39.4 Å². The van der Waals surface area contributed by atoms with Crippen LogP contribution in [0.1, 0.15) is 26.3 Å². The normalized spacial score (nSPS) is 24.4. The Hall–Kier alpha value is -1.26. The summed E-state index contributed by atoms with van der Waals surface area (Å²) < 4.78 is 5.43. The third kappa shape index (κ3) is 3.85. The molecule has 4 nitrogen and oxygen atoms in total. The summed E-state index contributed by atoms with van der Waals surface area (Å²) >= 11 is 0. The zero-order chi connectivity index (χ0) is 13.8. The Bertz CT molecular complexity index is 413. The molecule has 1 aliphatic rings. The number of phenols is 1. The van der Waals surface area contributed by atoms with Crippen molar-refractivity contribution in [1.82, 2.24) is 10.2 Å². The van der Waals surface area contributed by atoms with E-state index in [9.17, 15) is 5.11 Å². The van der Waals surface area contributed by atoms with Crippen LogP contribution in [0.5, 0.6) is 11.5 Å². The van der Waals surface area contributed by atoms with Crippen molar-refractivity contribution in [3.05, 3.63) is 23.8 Å². The van der Waals surface area contributed by atoms with Gasteiger partial charge in [-0.25, -0.2) is 0 Å². The predicted octanol–water partition coefficient (Wildman–Crippen LogP) is 1.97. The summed E-state index contributed by atoms with van der Waals surface area (Å²) in [5.74, 6) is 0.795. The fourth-order valence-electron chi connectivity index (χ4n) is 2.76. The van der Waals surface area contributed by atoms with Gasteiger partial charge in [-0.15, -0.1) is 0 Å². The summed E-state index contributed by atoms with van der Waals surface area (Å²) in [6.07, 6.45) is 0. The molecule has 1 aliphatic heterocycles. The van der Waals surface area contributed by atoms with Gasteiger partial charge < -0.3 is 15.2 Å². The molecule has 1 aromatic carbocycles. The molecule has 0 bridgehead atoms. The van der Waals surface area contributed by atoms with E-state index in [0.717, 1.165) is 19.6 Å². The fourth-order valence-corrected chi connectivity index (χ4v) is 2.76. The van der Waals surface area contributed by atoms with Crippen molar-refractivity contribution >= 4 is 0 Å². The first-order valence-electron chi connectivity index (χ1n) is 7.01. The molecule has 2 N–H and O–H groups in total. The van der Waals surface area contributed by atoms with Crippen LogP contribution >= 0.6 is 0 Å². The molecule has 1 fully saturated rings. The van der Waals surface area contributed by atoms with E-state index in [0.29, 0.717) is 24.4 Å². The monoisotopic (exact) mass is 264 g/mol. The number of benzene rings is 1. The Labute approximate surface area is 115 Å². The number of phenolic OH excluding ortho intramolecular Hbond substituents is 1. The molecule has 0 radical (unpaired) electrons. The molecule has 0 aliphatic carbocycles. The maximum absolute atomic E-state index is 9.71. The van der Waals surface area contributed by atoms with Gasteiger partial charge >= 0.3 is 0 Å². The standard InChI is InChI=1S/C15H24N2O2/c1-4-19-15-7-13(5-6-14(15)18)10-17-8-11(2)16-12(3)9-17/h5-7,11-12,16,18H,4,8-10H2,1-3H3. The molecule has 0 amide bonds. The van der Waals surface area contributed by atoms with Gasteiger partial charge in [-0.1, -0.05) is 6.07 Å². The van der Waals surface area contributed by atoms with Crippen molar-refractivity contribution in [3.63, 3.8) is 0 Å². The van der Waals surface area contributed by atoms with E-state index in [-0.39, 0.29) is 5.75 Å². The maximum Gasteiger partial charge on any atom is 0.161 e. The second-order valence-electron chi connectivity index (χ2n) is 5.40. The van der Waals surface area contributed by atoms with E-state index in [4.69, 9.17) is 4.74 Å². The van der Waals surface area contributed by atoms with Crippen molar-refractivity contribution < 1.29 is 9.84 Å². The van der Waals surface area contributed by atoms with Crippen molar-refractivity contribution in [2.24, 2.45) is 0 Å². The lowest BCUT2D eigenvalue weighted by Crippen LogP contribution is -2.53. The summed E-state index contributed by atoms with van der Waals surface area (Å²) in [5, 5.41) is 13.2. The molecule has 1 aromatic rings.